The second-order valence-corrected chi connectivity index (χ2v) is 6.66. The van der Waals surface area contributed by atoms with Gasteiger partial charge in [0.15, 0.2) is 5.11 Å². The number of ether oxygens (including phenoxy) is 1. The van der Waals surface area contributed by atoms with E-state index in [2.05, 4.69) is 16.0 Å². The molecule has 0 fully saturated rings. The molecule has 0 aliphatic heterocycles. The van der Waals surface area contributed by atoms with Crippen molar-refractivity contribution in [2.24, 2.45) is 0 Å². The van der Waals surface area contributed by atoms with Gasteiger partial charge in [0.1, 0.15) is 5.75 Å². The standard InChI is InChI=1S/C21H25N3O3S/c1-4-14(3)27-18-8-6-7-15(13-18)20(26)22-16-9-11-17(12-10-16)23-21(28)24-19(25)5-2/h6-14H,4-5H2,1-3H3,(H,22,26)(H2,23,24,25,28). The summed E-state index contributed by atoms with van der Waals surface area (Å²) in [7, 11) is 0. The van der Waals surface area contributed by atoms with Crippen LogP contribution in [-0.4, -0.2) is 23.0 Å². The van der Waals surface area contributed by atoms with E-state index in [0.29, 0.717) is 29.1 Å². The van der Waals surface area contributed by atoms with Crippen molar-refractivity contribution in [2.75, 3.05) is 10.6 Å². The highest BCUT2D eigenvalue weighted by Gasteiger charge is 2.09. The smallest absolute Gasteiger partial charge is 0.255 e. The molecule has 0 radical (unpaired) electrons. The fourth-order valence-corrected chi connectivity index (χ4v) is 2.48. The molecule has 0 spiro atoms. The van der Waals surface area contributed by atoms with Crippen LogP contribution in [0, 0.1) is 0 Å². The molecule has 1 unspecified atom stereocenters. The van der Waals surface area contributed by atoms with Gasteiger partial charge in [0, 0.05) is 23.4 Å². The molecule has 1 atom stereocenters. The van der Waals surface area contributed by atoms with Crippen LogP contribution in [0.4, 0.5) is 11.4 Å². The number of carbonyl (C=O) groups excluding carboxylic acids is 2. The van der Waals surface area contributed by atoms with Crippen LogP contribution in [0.2, 0.25) is 0 Å². The highest BCUT2D eigenvalue weighted by atomic mass is 32.1. The molecule has 3 N–H and O–H groups in total. The molecule has 0 saturated carbocycles. The lowest BCUT2D eigenvalue weighted by Crippen LogP contribution is -2.33. The van der Waals surface area contributed by atoms with Crippen LogP contribution in [0.3, 0.4) is 0 Å². The summed E-state index contributed by atoms with van der Waals surface area (Å²) in [6, 6.07) is 14.1. The van der Waals surface area contributed by atoms with Crippen LogP contribution < -0.4 is 20.7 Å². The van der Waals surface area contributed by atoms with Gasteiger partial charge in [-0.15, -0.1) is 0 Å². The molecular formula is C21H25N3O3S. The normalized spacial score (nSPS) is 11.2. The quantitative estimate of drug-likeness (QED) is 0.604. The lowest BCUT2D eigenvalue weighted by molar-refractivity contribution is -0.119. The van der Waals surface area contributed by atoms with E-state index < -0.39 is 0 Å². The zero-order valence-corrected chi connectivity index (χ0v) is 17.1. The Morgan fingerprint density at radius 2 is 1.68 bits per heavy atom. The van der Waals surface area contributed by atoms with Gasteiger partial charge < -0.3 is 20.7 Å². The molecule has 0 aromatic heterocycles. The maximum atomic E-state index is 12.5. The van der Waals surface area contributed by atoms with Crippen LogP contribution in [0.1, 0.15) is 44.0 Å². The maximum Gasteiger partial charge on any atom is 0.255 e. The number of rotatable bonds is 7. The van der Waals surface area contributed by atoms with Gasteiger partial charge in [-0.2, -0.15) is 0 Å². The van der Waals surface area contributed by atoms with Gasteiger partial charge in [-0.3, -0.25) is 9.59 Å². The summed E-state index contributed by atoms with van der Waals surface area (Å²) in [5, 5.41) is 8.58. The van der Waals surface area contributed by atoms with Crippen LogP contribution in [-0.2, 0) is 4.79 Å². The number of anilines is 2. The molecule has 0 aliphatic rings. The summed E-state index contributed by atoms with van der Waals surface area (Å²) < 4.78 is 5.76. The summed E-state index contributed by atoms with van der Waals surface area (Å²) in [5.41, 5.74) is 1.88. The number of hydrogen-bond acceptors (Lipinski definition) is 4. The number of thiocarbonyl (C=S) groups is 1. The zero-order chi connectivity index (χ0) is 20.5. The monoisotopic (exact) mass is 399 g/mol. The minimum atomic E-state index is -0.221. The van der Waals surface area contributed by atoms with Crippen LogP contribution in [0.25, 0.3) is 0 Å². The van der Waals surface area contributed by atoms with E-state index in [-0.39, 0.29) is 23.0 Å². The van der Waals surface area contributed by atoms with Gasteiger partial charge >= 0.3 is 0 Å². The van der Waals surface area contributed by atoms with E-state index in [0.717, 1.165) is 6.42 Å². The minimum Gasteiger partial charge on any atom is -0.491 e. The Balaban J connectivity index is 1.96. The number of benzene rings is 2. The van der Waals surface area contributed by atoms with Crippen molar-refractivity contribution in [3.8, 4) is 5.75 Å². The summed E-state index contributed by atoms with van der Waals surface area (Å²) in [6.07, 6.45) is 1.34. The molecule has 6 nitrogen and oxygen atoms in total. The minimum absolute atomic E-state index is 0.0894. The second kappa shape index (κ2) is 10.4. The van der Waals surface area contributed by atoms with Gasteiger partial charge in [0.25, 0.3) is 5.91 Å². The van der Waals surface area contributed by atoms with Crippen molar-refractivity contribution in [2.45, 2.75) is 39.7 Å². The molecule has 2 aromatic rings. The first-order valence-corrected chi connectivity index (χ1v) is 9.61. The summed E-state index contributed by atoms with van der Waals surface area (Å²) in [4.78, 5) is 23.8. The number of hydrogen-bond donors (Lipinski definition) is 3. The van der Waals surface area contributed by atoms with Crippen molar-refractivity contribution in [3.05, 3.63) is 54.1 Å². The third-order valence-corrected chi connectivity index (χ3v) is 4.19. The lowest BCUT2D eigenvalue weighted by atomic mass is 10.2. The maximum absolute atomic E-state index is 12.5. The highest BCUT2D eigenvalue weighted by molar-refractivity contribution is 7.80. The molecule has 28 heavy (non-hydrogen) atoms. The van der Waals surface area contributed by atoms with Crippen molar-refractivity contribution in [3.63, 3.8) is 0 Å². The molecule has 148 valence electrons. The SMILES string of the molecule is CCC(=O)NC(=S)Nc1ccc(NC(=O)c2cccc(OC(C)CC)c2)cc1. The Morgan fingerprint density at radius 1 is 1.04 bits per heavy atom. The Hall–Kier alpha value is -2.93. The Morgan fingerprint density at radius 3 is 2.29 bits per heavy atom. The first-order valence-electron chi connectivity index (χ1n) is 9.20. The summed E-state index contributed by atoms with van der Waals surface area (Å²) in [6.45, 7) is 5.79. The van der Waals surface area contributed by atoms with Gasteiger partial charge in [-0.1, -0.05) is 19.9 Å². The second-order valence-electron chi connectivity index (χ2n) is 6.25. The highest BCUT2D eigenvalue weighted by Crippen LogP contribution is 2.18. The predicted molar refractivity (Wildman–Crippen MR) is 116 cm³/mol. The zero-order valence-electron chi connectivity index (χ0n) is 16.2. The average molecular weight is 400 g/mol. The molecule has 2 rings (SSSR count). The molecule has 2 aromatic carbocycles. The molecule has 0 aliphatic carbocycles. The van der Waals surface area contributed by atoms with E-state index in [4.69, 9.17) is 17.0 Å². The third kappa shape index (κ3) is 6.66. The topological polar surface area (TPSA) is 79.5 Å². The Bertz CT molecular complexity index is 837. The van der Waals surface area contributed by atoms with Crippen LogP contribution >= 0.6 is 12.2 Å². The lowest BCUT2D eigenvalue weighted by Gasteiger charge is -2.13. The van der Waals surface area contributed by atoms with Crippen molar-refractivity contribution >= 4 is 40.5 Å². The van der Waals surface area contributed by atoms with Gasteiger partial charge in [-0.05, 0) is 68.0 Å². The van der Waals surface area contributed by atoms with Gasteiger partial charge in [0.05, 0.1) is 6.10 Å². The van der Waals surface area contributed by atoms with Crippen molar-refractivity contribution in [1.29, 1.82) is 0 Å². The van der Waals surface area contributed by atoms with Gasteiger partial charge in [0.2, 0.25) is 5.91 Å². The van der Waals surface area contributed by atoms with Crippen LogP contribution in [0.15, 0.2) is 48.5 Å². The molecule has 7 heteroatoms. The third-order valence-electron chi connectivity index (χ3n) is 3.98. The molecule has 0 bridgehead atoms. The first-order chi connectivity index (χ1) is 13.4. The average Bonchev–Trinajstić information content (AvgIpc) is 2.69. The largest absolute Gasteiger partial charge is 0.491 e. The van der Waals surface area contributed by atoms with Crippen molar-refractivity contribution < 1.29 is 14.3 Å². The summed E-state index contributed by atoms with van der Waals surface area (Å²) in [5.74, 6) is 0.297. The van der Waals surface area contributed by atoms with E-state index >= 15 is 0 Å². The molecule has 0 saturated heterocycles. The molecular weight excluding hydrogens is 374 g/mol. The van der Waals surface area contributed by atoms with E-state index in [1.165, 1.54) is 0 Å². The Kier molecular flexibility index (Phi) is 7.95. The van der Waals surface area contributed by atoms with E-state index in [1.54, 1.807) is 49.4 Å². The molecule has 2 amide bonds. The molecule has 0 heterocycles. The van der Waals surface area contributed by atoms with Crippen molar-refractivity contribution in [1.82, 2.24) is 5.32 Å². The van der Waals surface area contributed by atoms with Crippen LogP contribution in [0.5, 0.6) is 5.75 Å². The number of nitrogens with one attached hydrogen (secondary N) is 3. The van der Waals surface area contributed by atoms with E-state index in [1.807, 2.05) is 19.9 Å². The number of carbonyl (C=O) groups is 2. The Labute approximate surface area is 170 Å². The fourth-order valence-electron chi connectivity index (χ4n) is 2.24. The fraction of sp³-hybridized carbons (Fsp3) is 0.286. The summed E-state index contributed by atoms with van der Waals surface area (Å²) >= 11 is 5.07. The van der Waals surface area contributed by atoms with E-state index in [9.17, 15) is 9.59 Å². The number of amides is 2. The first kappa shape index (κ1) is 21.4. The predicted octanol–water partition coefficient (Wildman–Crippen LogP) is 4.34. The van der Waals surface area contributed by atoms with Gasteiger partial charge in [-0.25, -0.2) is 0 Å².